The number of carbonyl (C=O) groups is 2. The van der Waals surface area contributed by atoms with E-state index in [0.717, 1.165) is 5.75 Å². The van der Waals surface area contributed by atoms with Crippen LogP contribution in [-0.4, -0.2) is 29.6 Å². The van der Waals surface area contributed by atoms with Crippen molar-refractivity contribution in [1.82, 2.24) is 0 Å². The normalized spacial score (nSPS) is 9.40. The van der Waals surface area contributed by atoms with Crippen molar-refractivity contribution in [3.63, 3.8) is 0 Å². The van der Waals surface area contributed by atoms with E-state index in [1.165, 1.54) is 18.7 Å². The Bertz CT molecular complexity index is 136. The zero-order valence-corrected chi connectivity index (χ0v) is 6.74. The molecule has 0 unspecified atom stereocenters. The number of nitrogens with two attached hydrogens (primary N) is 1. The van der Waals surface area contributed by atoms with Gasteiger partial charge in [-0.1, -0.05) is 0 Å². The third-order valence-electron chi connectivity index (χ3n) is 0.888. The summed E-state index contributed by atoms with van der Waals surface area (Å²) in [6.45, 7) is 1.83. The van der Waals surface area contributed by atoms with E-state index in [4.69, 9.17) is 5.73 Å². The van der Waals surface area contributed by atoms with Gasteiger partial charge in [0.05, 0.1) is 5.75 Å². The first kappa shape index (κ1) is 9.65. The summed E-state index contributed by atoms with van der Waals surface area (Å²) in [6.07, 6.45) is 0. The van der Waals surface area contributed by atoms with Crippen molar-refractivity contribution in [3.05, 3.63) is 0 Å². The Morgan fingerprint density at radius 2 is 2.10 bits per heavy atom. The highest BCUT2D eigenvalue weighted by atomic mass is 32.2. The van der Waals surface area contributed by atoms with E-state index >= 15 is 0 Å². The molecule has 0 rings (SSSR count). The minimum Gasteiger partial charge on any atom is -0.330 e. The van der Waals surface area contributed by atoms with Crippen LogP contribution in [0.15, 0.2) is 0 Å². The largest absolute Gasteiger partial charge is 0.330 e. The predicted octanol–water partition coefficient (Wildman–Crippen LogP) is -0.164. The molecule has 0 aliphatic carbocycles. The van der Waals surface area contributed by atoms with Crippen molar-refractivity contribution in [1.29, 1.82) is 0 Å². The van der Waals surface area contributed by atoms with Gasteiger partial charge in [0, 0.05) is 19.2 Å². The highest BCUT2D eigenvalue weighted by molar-refractivity contribution is 8.00. The van der Waals surface area contributed by atoms with Gasteiger partial charge in [0.15, 0.2) is 5.78 Å². The Labute approximate surface area is 64.4 Å². The summed E-state index contributed by atoms with van der Waals surface area (Å²) in [4.78, 5) is 21.0. The zero-order chi connectivity index (χ0) is 7.98. The molecular weight excluding hydrogens is 150 g/mol. The molecule has 0 aromatic rings. The van der Waals surface area contributed by atoms with Crippen LogP contribution in [0, 0.1) is 0 Å². The van der Waals surface area contributed by atoms with Gasteiger partial charge in [-0.2, -0.15) is 11.8 Å². The van der Waals surface area contributed by atoms with Gasteiger partial charge in [0.25, 0.3) is 0 Å². The third kappa shape index (κ3) is 4.52. The number of rotatable bonds is 5. The lowest BCUT2D eigenvalue weighted by Gasteiger charge is -1.93. The Kier molecular flexibility index (Phi) is 5.25. The molecule has 0 aliphatic rings. The Hall–Kier alpha value is -0.350. The number of carbonyl (C=O) groups excluding carboxylic acids is 2. The van der Waals surface area contributed by atoms with Crippen LogP contribution in [0.2, 0.25) is 0 Å². The number of thioether (sulfide) groups is 1. The van der Waals surface area contributed by atoms with Crippen LogP contribution < -0.4 is 5.73 Å². The summed E-state index contributed by atoms with van der Waals surface area (Å²) in [5, 5.41) is 0. The monoisotopic (exact) mass is 161 g/mol. The Morgan fingerprint density at radius 1 is 1.50 bits per heavy atom. The summed E-state index contributed by atoms with van der Waals surface area (Å²) >= 11 is 1.39. The summed E-state index contributed by atoms with van der Waals surface area (Å²) in [5.41, 5.74) is 5.17. The van der Waals surface area contributed by atoms with Crippen LogP contribution in [0.4, 0.5) is 0 Å². The molecule has 0 heterocycles. The second-order valence-corrected chi connectivity index (χ2v) is 2.93. The van der Waals surface area contributed by atoms with E-state index < -0.39 is 0 Å². The smallest absolute Gasteiger partial charge is 0.207 e. The van der Waals surface area contributed by atoms with Crippen LogP contribution in [0.3, 0.4) is 0 Å². The lowest BCUT2D eigenvalue weighted by atomic mass is 10.3. The van der Waals surface area contributed by atoms with Crippen LogP contribution in [0.1, 0.15) is 6.92 Å². The maximum atomic E-state index is 10.6. The fourth-order valence-electron chi connectivity index (χ4n) is 0.350. The van der Waals surface area contributed by atoms with Crippen LogP contribution in [-0.2, 0) is 9.59 Å². The second kappa shape index (κ2) is 5.44. The van der Waals surface area contributed by atoms with Crippen LogP contribution in [0.25, 0.3) is 0 Å². The van der Waals surface area contributed by atoms with Gasteiger partial charge >= 0.3 is 0 Å². The zero-order valence-electron chi connectivity index (χ0n) is 5.92. The molecular formula is C6H11NO2S. The molecule has 0 aliphatic heterocycles. The quantitative estimate of drug-likeness (QED) is 0.449. The fourth-order valence-corrected chi connectivity index (χ4v) is 1.05. The first-order valence-electron chi connectivity index (χ1n) is 3.00. The molecule has 0 saturated carbocycles. The summed E-state index contributed by atoms with van der Waals surface area (Å²) in [6, 6.07) is 0. The summed E-state index contributed by atoms with van der Waals surface area (Å²) in [5.74, 6) is 0.314. The molecule has 0 radical (unpaired) electrons. The molecule has 0 amide bonds. The van der Waals surface area contributed by atoms with Crippen molar-refractivity contribution >= 4 is 23.3 Å². The second-order valence-electron chi connectivity index (χ2n) is 1.82. The van der Waals surface area contributed by atoms with Gasteiger partial charge in [-0.05, 0) is 0 Å². The number of hydrogen-bond donors (Lipinski definition) is 1. The molecule has 0 spiro atoms. The minimum atomic E-state index is -0.371. The Morgan fingerprint density at radius 3 is 2.50 bits per heavy atom. The van der Waals surface area contributed by atoms with Crippen molar-refractivity contribution in [2.45, 2.75) is 6.92 Å². The van der Waals surface area contributed by atoms with Gasteiger partial charge in [-0.3, -0.25) is 9.59 Å². The highest BCUT2D eigenvalue weighted by Gasteiger charge is 2.05. The molecule has 4 heteroatoms. The molecule has 0 bridgehead atoms. The molecule has 0 aromatic heterocycles. The van der Waals surface area contributed by atoms with Gasteiger partial charge in [-0.15, -0.1) is 0 Å². The molecule has 58 valence electrons. The van der Waals surface area contributed by atoms with E-state index in [2.05, 4.69) is 0 Å². The van der Waals surface area contributed by atoms with Gasteiger partial charge in [-0.25, -0.2) is 0 Å². The summed E-state index contributed by atoms with van der Waals surface area (Å²) < 4.78 is 0. The van der Waals surface area contributed by atoms with E-state index in [9.17, 15) is 9.59 Å². The average molecular weight is 161 g/mol. The Balaban J connectivity index is 3.31. The van der Waals surface area contributed by atoms with Gasteiger partial charge in [0.2, 0.25) is 5.78 Å². The lowest BCUT2D eigenvalue weighted by molar-refractivity contribution is -0.133. The van der Waals surface area contributed by atoms with E-state index in [0.29, 0.717) is 6.54 Å². The topological polar surface area (TPSA) is 60.2 Å². The third-order valence-corrected chi connectivity index (χ3v) is 1.88. The molecule has 10 heavy (non-hydrogen) atoms. The molecule has 3 nitrogen and oxygen atoms in total. The first-order valence-corrected chi connectivity index (χ1v) is 4.15. The molecule has 0 fully saturated rings. The van der Waals surface area contributed by atoms with Gasteiger partial charge in [0.1, 0.15) is 0 Å². The fraction of sp³-hybridized carbons (Fsp3) is 0.667. The number of hydrogen-bond acceptors (Lipinski definition) is 4. The number of ketones is 2. The molecule has 2 N–H and O–H groups in total. The number of Topliss-reactive ketones (excluding diaryl/α,β-unsaturated/α-hetero) is 2. The predicted molar refractivity (Wildman–Crippen MR) is 42.1 cm³/mol. The van der Waals surface area contributed by atoms with E-state index in [1.54, 1.807) is 0 Å². The van der Waals surface area contributed by atoms with Crippen molar-refractivity contribution in [3.8, 4) is 0 Å². The van der Waals surface area contributed by atoms with E-state index in [1.807, 2.05) is 0 Å². The SMILES string of the molecule is CC(=O)C(=O)CSCCN. The lowest BCUT2D eigenvalue weighted by Crippen LogP contribution is -2.13. The first-order chi connectivity index (χ1) is 4.68. The van der Waals surface area contributed by atoms with Gasteiger partial charge < -0.3 is 5.73 Å². The standard InChI is InChI=1S/C6H11NO2S/c1-5(8)6(9)4-10-3-2-7/h2-4,7H2,1H3. The van der Waals surface area contributed by atoms with Crippen LogP contribution >= 0.6 is 11.8 Å². The van der Waals surface area contributed by atoms with Crippen molar-refractivity contribution < 1.29 is 9.59 Å². The summed E-state index contributed by atoms with van der Waals surface area (Å²) in [7, 11) is 0. The highest BCUT2D eigenvalue weighted by Crippen LogP contribution is 1.97. The van der Waals surface area contributed by atoms with Crippen LogP contribution in [0.5, 0.6) is 0 Å². The maximum absolute atomic E-state index is 10.6. The molecule has 0 atom stereocenters. The average Bonchev–Trinajstić information content (AvgIpc) is 1.88. The minimum absolute atomic E-state index is 0.270. The van der Waals surface area contributed by atoms with Crippen molar-refractivity contribution in [2.24, 2.45) is 5.73 Å². The molecule has 0 saturated heterocycles. The molecule has 0 aromatic carbocycles. The van der Waals surface area contributed by atoms with E-state index in [-0.39, 0.29) is 17.3 Å². The van der Waals surface area contributed by atoms with Crippen molar-refractivity contribution in [2.75, 3.05) is 18.1 Å². The maximum Gasteiger partial charge on any atom is 0.207 e.